The highest BCUT2D eigenvalue weighted by Gasteiger charge is 2.12. The minimum absolute atomic E-state index is 0.183. The van der Waals surface area contributed by atoms with Gasteiger partial charge in [-0.15, -0.1) is 0 Å². The van der Waals surface area contributed by atoms with E-state index in [1.807, 2.05) is 25.2 Å². The Balaban J connectivity index is 2.42. The van der Waals surface area contributed by atoms with Crippen LogP contribution in [0.2, 0.25) is 0 Å². The van der Waals surface area contributed by atoms with E-state index in [9.17, 15) is 4.79 Å². The Kier molecular flexibility index (Phi) is 2.47. The molecule has 0 bridgehead atoms. The van der Waals surface area contributed by atoms with Crippen molar-refractivity contribution in [3.63, 3.8) is 0 Å². The Hall–Kier alpha value is -1.05. The van der Waals surface area contributed by atoms with Crippen molar-refractivity contribution >= 4 is 5.97 Å². The lowest BCUT2D eigenvalue weighted by atomic mass is 9.97. The molecule has 1 aliphatic carbocycles. The number of rotatable bonds is 3. The van der Waals surface area contributed by atoms with Crippen LogP contribution in [0.5, 0.6) is 0 Å². The molecule has 0 radical (unpaired) electrons. The first-order valence-electron chi connectivity index (χ1n) is 3.77. The molecule has 0 fully saturated rings. The summed E-state index contributed by atoms with van der Waals surface area (Å²) in [5.74, 6) is -0.534. The zero-order chi connectivity index (χ0) is 8.27. The van der Waals surface area contributed by atoms with Crippen LogP contribution >= 0.6 is 0 Å². The van der Waals surface area contributed by atoms with Crippen molar-refractivity contribution in [2.75, 3.05) is 0 Å². The summed E-state index contributed by atoms with van der Waals surface area (Å²) in [5.41, 5.74) is 1.23. The molecule has 1 rings (SSSR count). The Labute approximate surface area is 66.2 Å². The van der Waals surface area contributed by atoms with Gasteiger partial charge in [-0.25, -0.2) is 0 Å². The highest BCUT2D eigenvalue weighted by atomic mass is 16.4. The first kappa shape index (κ1) is 8.05. The van der Waals surface area contributed by atoms with Crippen LogP contribution in [0, 0.1) is 5.92 Å². The first-order valence-corrected chi connectivity index (χ1v) is 3.77. The number of carboxylic acid groups (broad SMARTS) is 1. The summed E-state index contributed by atoms with van der Waals surface area (Å²) in [7, 11) is 0. The van der Waals surface area contributed by atoms with Crippen molar-refractivity contribution in [1.29, 1.82) is 0 Å². The van der Waals surface area contributed by atoms with Gasteiger partial charge < -0.3 is 5.11 Å². The molecule has 0 aromatic rings. The van der Waals surface area contributed by atoms with Crippen LogP contribution in [0.25, 0.3) is 0 Å². The molecule has 0 saturated carbocycles. The van der Waals surface area contributed by atoms with Crippen molar-refractivity contribution in [1.82, 2.24) is 0 Å². The Bertz CT molecular complexity index is 214. The van der Waals surface area contributed by atoms with Gasteiger partial charge in [0.2, 0.25) is 0 Å². The zero-order valence-electron chi connectivity index (χ0n) is 6.58. The number of hydrogen-bond donors (Lipinski definition) is 1. The van der Waals surface area contributed by atoms with Gasteiger partial charge in [0.1, 0.15) is 0 Å². The maximum Gasteiger partial charge on any atom is 0.303 e. The molecule has 0 heterocycles. The molecule has 0 amide bonds. The number of aliphatic carboxylic acids is 1. The quantitative estimate of drug-likeness (QED) is 0.671. The van der Waals surface area contributed by atoms with Crippen LogP contribution < -0.4 is 0 Å². The average molecular weight is 152 g/mol. The number of carboxylic acids is 1. The summed E-state index contributed by atoms with van der Waals surface area (Å²) < 4.78 is 0. The van der Waals surface area contributed by atoms with E-state index >= 15 is 0 Å². The van der Waals surface area contributed by atoms with Gasteiger partial charge in [0, 0.05) is 0 Å². The van der Waals surface area contributed by atoms with Gasteiger partial charge in [0.25, 0.3) is 0 Å². The predicted octanol–water partition coefficient (Wildman–Crippen LogP) is 1.98. The van der Waals surface area contributed by atoms with Gasteiger partial charge in [0.05, 0.1) is 6.42 Å². The topological polar surface area (TPSA) is 37.3 Å². The van der Waals surface area contributed by atoms with E-state index < -0.39 is 5.97 Å². The summed E-state index contributed by atoms with van der Waals surface area (Å²) in [6, 6.07) is 0. The molecule has 0 saturated heterocycles. The fourth-order valence-electron chi connectivity index (χ4n) is 1.22. The zero-order valence-corrected chi connectivity index (χ0v) is 6.58. The highest BCUT2D eigenvalue weighted by molar-refractivity contribution is 5.67. The molecule has 0 aromatic carbocycles. The normalized spacial score (nSPS) is 18.1. The van der Waals surface area contributed by atoms with Crippen LogP contribution in [0.1, 0.15) is 19.8 Å². The molecule has 11 heavy (non-hydrogen) atoms. The minimum atomic E-state index is -0.717. The van der Waals surface area contributed by atoms with Crippen molar-refractivity contribution in [2.24, 2.45) is 5.92 Å². The summed E-state index contributed by atoms with van der Waals surface area (Å²) >= 11 is 0. The van der Waals surface area contributed by atoms with E-state index in [4.69, 9.17) is 5.11 Å². The fourth-order valence-corrected chi connectivity index (χ4v) is 1.22. The predicted molar refractivity (Wildman–Crippen MR) is 43.3 cm³/mol. The lowest BCUT2D eigenvalue weighted by molar-refractivity contribution is -0.137. The second-order valence-corrected chi connectivity index (χ2v) is 2.87. The maximum absolute atomic E-state index is 10.3. The molecule has 1 atom stereocenters. The standard InChI is InChI=1S/C9H12O2/c1-7(6-9(10)11)8-4-2-3-5-8/h2-4,7H,5-6H2,1H3,(H,10,11). The highest BCUT2D eigenvalue weighted by Crippen LogP contribution is 2.22. The van der Waals surface area contributed by atoms with Gasteiger partial charge in [-0.2, -0.15) is 0 Å². The number of carbonyl (C=O) groups is 1. The van der Waals surface area contributed by atoms with Crippen molar-refractivity contribution in [3.8, 4) is 0 Å². The van der Waals surface area contributed by atoms with Gasteiger partial charge >= 0.3 is 5.97 Å². The molecule has 0 aliphatic heterocycles. The van der Waals surface area contributed by atoms with E-state index in [0.717, 1.165) is 6.42 Å². The largest absolute Gasteiger partial charge is 0.481 e. The SMILES string of the molecule is CC(CC(=O)O)C1=CC=CC1. The maximum atomic E-state index is 10.3. The van der Waals surface area contributed by atoms with Gasteiger partial charge in [-0.3, -0.25) is 4.79 Å². The Morgan fingerprint density at radius 3 is 3.00 bits per heavy atom. The molecule has 0 spiro atoms. The molecule has 1 N–H and O–H groups in total. The molecule has 2 nitrogen and oxygen atoms in total. The van der Waals surface area contributed by atoms with E-state index in [1.165, 1.54) is 5.57 Å². The molecule has 60 valence electrons. The summed E-state index contributed by atoms with van der Waals surface area (Å²) in [4.78, 5) is 10.3. The van der Waals surface area contributed by atoms with Crippen molar-refractivity contribution in [3.05, 3.63) is 23.8 Å². The number of allylic oxidation sites excluding steroid dienone is 4. The summed E-state index contributed by atoms with van der Waals surface area (Å²) in [5, 5.41) is 8.50. The third kappa shape index (κ3) is 2.22. The lowest BCUT2D eigenvalue weighted by Crippen LogP contribution is -2.05. The second kappa shape index (κ2) is 3.37. The van der Waals surface area contributed by atoms with Crippen LogP contribution in [0.4, 0.5) is 0 Å². The minimum Gasteiger partial charge on any atom is -0.481 e. The second-order valence-electron chi connectivity index (χ2n) is 2.87. The van der Waals surface area contributed by atoms with Gasteiger partial charge in [-0.1, -0.05) is 30.7 Å². The van der Waals surface area contributed by atoms with Crippen LogP contribution in [-0.4, -0.2) is 11.1 Å². The van der Waals surface area contributed by atoms with E-state index in [-0.39, 0.29) is 12.3 Å². The monoisotopic (exact) mass is 152 g/mol. The van der Waals surface area contributed by atoms with Crippen LogP contribution in [0.15, 0.2) is 23.8 Å². The summed E-state index contributed by atoms with van der Waals surface area (Å²) in [6.45, 7) is 1.95. The molecule has 2 heteroatoms. The number of hydrogen-bond acceptors (Lipinski definition) is 1. The lowest BCUT2D eigenvalue weighted by Gasteiger charge is -2.08. The third-order valence-electron chi connectivity index (χ3n) is 1.91. The van der Waals surface area contributed by atoms with E-state index in [2.05, 4.69) is 0 Å². The fraction of sp³-hybridized carbons (Fsp3) is 0.444. The van der Waals surface area contributed by atoms with Gasteiger partial charge in [0.15, 0.2) is 0 Å². The Morgan fingerprint density at radius 2 is 2.55 bits per heavy atom. The van der Waals surface area contributed by atoms with Crippen molar-refractivity contribution < 1.29 is 9.90 Å². The van der Waals surface area contributed by atoms with Crippen LogP contribution in [-0.2, 0) is 4.79 Å². The third-order valence-corrected chi connectivity index (χ3v) is 1.91. The smallest absolute Gasteiger partial charge is 0.303 e. The van der Waals surface area contributed by atoms with Crippen LogP contribution in [0.3, 0.4) is 0 Å². The molecule has 1 unspecified atom stereocenters. The van der Waals surface area contributed by atoms with E-state index in [0.29, 0.717) is 0 Å². The molecule has 0 aromatic heterocycles. The van der Waals surface area contributed by atoms with E-state index in [1.54, 1.807) is 0 Å². The van der Waals surface area contributed by atoms with Gasteiger partial charge in [-0.05, 0) is 12.3 Å². The summed E-state index contributed by atoms with van der Waals surface area (Å²) in [6.07, 6.45) is 7.21. The average Bonchev–Trinajstić information content (AvgIpc) is 2.35. The first-order chi connectivity index (χ1) is 5.20. The molecular weight excluding hydrogens is 140 g/mol. The van der Waals surface area contributed by atoms with Crippen molar-refractivity contribution in [2.45, 2.75) is 19.8 Å². The Morgan fingerprint density at radius 1 is 1.82 bits per heavy atom. The molecular formula is C9H12O2. The molecule has 1 aliphatic rings.